The summed E-state index contributed by atoms with van der Waals surface area (Å²) in [6.45, 7) is 7.46. The van der Waals surface area contributed by atoms with E-state index in [9.17, 15) is 29.4 Å². The summed E-state index contributed by atoms with van der Waals surface area (Å²) in [5.74, 6) is -0.430. The first-order chi connectivity index (χ1) is 20.1. The lowest BCUT2D eigenvalue weighted by atomic mass is 9.46. The lowest BCUT2D eigenvalue weighted by Crippen LogP contribution is -2.54. The topological polar surface area (TPSA) is 175 Å². The lowest BCUT2D eigenvalue weighted by Gasteiger charge is -2.58. The molecule has 0 heterocycles. The molecule has 0 aromatic rings. The van der Waals surface area contributed by atoms with E-state index >= 15 is 0 Å². The molecule has 0 unspecified atom stereocenters. The minimum Gasteiger partial charge on any atom is -0.481 e. The van der Waals surface area contributed by atoms with Crippen LogP contribution in [0.3, 0.4) is 0 Å². The predicted octanol–water partition coefficient (Wildman–Crippen LogP) is 2.87. The number of fused-ring (bicyclic) bond motifs is 5. The van der Waals surface area contributed by atoms with Gasteiger partial charge in [-0.25, -0.2) is 4.79 Å². The molecule has 0 aliphatic heterocycles. The third-order valence-electron chi connectivity index (χ3n) is 11.0. The molecule has 11 heteroatoms. The number of hydrogen-bond acceptors (Lipinski definition) is 7. The number of carboxylic acids is 2. The Bertz CT molecular complexity index is 1250. The van der Waals surface area contributed by atoms with Crippen molar-refractivity contribution in [3.63, 3.8) is 0 Å². The fourth-order valence-electron chi connectivity index (χ4n) is 8.46. The summed E-state index contributed by atoms with van der Waals surface area (Å²) >= 11 is 0. The number of carbonyl (C=O) groups excluding carboxylic acids is 2. The second-order valence-electron chi connectivity index (χ2n) is 13.6. The Hall–Kier alpha value is -3.39. The number of nitrogens with one attached hydrogen (secondary N) is 2. The summed E-state index contributed by atoms with van der Waals surface area (Å²) in [4.78, 5) is 52.9. The highest BCUT2D eigenvalue weighted by molar-refractivity contribution is 5.96. The average Bonchev–Trinajstić information content (AvgIpc) is 3.21. The number of nitrogens with zero attached hydrogens (tertiary/aromatic N) is 1. The molecule has 4 rings (SSSR count). The molecule has 236 valence electrons. The number of terminal acetylenes is 1. The normalized spacial score (nSPS) is 35.3. The monoisotopic (exact) mass is 599 g/mol. The van der Waals surface area contributed by atoms with Crippen LogP contribution in [0.1, 0.15) is 85.5 Å². The van der Waals surface area contributed by atoms with E-state index in [-0.39, 0.29) is 10.8 Å². The second kappa shape index (κ2) is 12.3. The van der Waals surface area contributed by atoms with Crippen LogP contribution in [0.15, 0.2) is 16.8 Å². The van der Waals surface area contributed by atoms with E-state index in [1.165, 1.54) is 5.57 Å². The number of carboxylic acid groups (broad SMARTS) is 2. The van der Waals surface area contributed by atoms with Crippen LogP contribution in [0.5, 0.6) is 0 Å². The molecule has 3 fully saturated rings. The first-order valence-electron chi connectivity index (χ1n) is 15.3. The molecule has 2 amide bonds. The molecule has 0 bridgehead atoms. The molecule has 3 saturated carbocycles. The summed E-state index contributed by atoms with van der Waals surface area (Å²) in [5, 5.41) is 38.3. The Balaban J connectivity index is 1.35. The van der Waals surface area contributed by atoms with Crippen molar-refractivity contribution in [2.45, 2.75) is 103 Å². The molecular formula is C32H45N3O8. The van der Waals surface area contributed by atoms with Crippen LogP contribution in [0.2, 0.25) is 0 Å². The Morgan fingerprint density at radius 3 is 2.40 bits per heavy atom. The zero-order valence-electron chi connectivity index (χ0n) is 25.5. The highest BCUT2D eigenvalue weighted by atomic mass is 16.6. The van der Waals surface area contributed by atoms with E-state index in [1.807, 2.05) is 0 Å². The van der Waals surface area contributed by atoms with Gasteiger partial charge in [0.1, 0.15) is 17.7 Å². The van der Waals surface area contributed by atoms with E-state index in [0.29, 0.717) is 30.6 Å². The number of amides is 2. The van der Waals surface area contributed by atoms with Gasteiger partial charge < -0.3 is 30.8 Å². The maximum atomic E-state index is 12.6. The zero-order chi connectivity index (χ0) is 31.7. The highest BCUT2D eigenvalue weighted by Gasteiger charge is 2.63. The van der Waals surface area contributed by atoms with E-state index in [0.717, 1.165) is 44.2 Å². The molecule has 5 N–H and O–H groups in total. The molecule has 0 aromatic heterocycles. The summed E-state index contributed by atoms with van der Waals surface area (Å²) in [6, 6.07) is -2.70. The van der Waals surface area contributed by atoms with Gasteiger partial charge in [-0.3, -0.25) is 14.4 Å². The molecular weight excluding hydrogens is 554 g/mol. The van der Waals surface area contributed by atoms with Crippen molar-refractivity contribution in [2.75, 3.05) is 6.61 Å². The molecule has 0 radical (unpaired) electrons. The van der Waals surface area contributed by atoms with Crippen molar-refractivity contribution < 1.29 is 39.3 Å². The molecule has 4 aliphatic rings. The van der Waals surface area contributed by atoms with Gasteiger partial charge >= 0.3 is 11.9 Å². The first kappa shape index (κ1) is 32.5. The summed E-state index contributed by atoms with van der Waals surface area (Å²) in [7, 11) is 0. The van der Waals surface area contributed by atoms with Gasteiger partial charge in [-0.15, -0.1) is 6.42 Å². The molecule has 43 heavy (non-hydrogen) atoms. The van der Waals surface area contributed by atoms with Crippen molar-refractivity contribution in [1.82, 2.24) is 10.6 Å². The number of aliphatic carboxylic acids is 2. The quantitative estimate of drug-likeness (QED) is 0.188. The Labute approximate surface area is 252 Å². The van der Waals surface area contributed by atoms with Crippen LogP contribution in [0.25, 0.3) is 0 Å². The third-order valence-corrected chi connectivity index (χ3v) is 11.0. The predicted molar refractivity (Wildman–Crippen MR) is 157 cm³/mol. The summed E-state index contributed by atoms with van der Waals surface area (Å²) in [5.41, 5.74) is 0.909. The molecule has 8 atom stereocenters. The number of oxime groups is 1. The number of aliphatic hydroxyl groups is 1. The van der Waals surface area contributed by atoms with Crippen LogP contribution < -0.4 is 10.6 Å². The lowest BCUT2D eigenvalue weighted by molar-refractivity contribution is -0.147. The zero-order valence-corrected chi connectivity index (χ0v) is 25.5. The SMILES string of the molecule is C#C[C@@]1(O)CC[C@H]2[C@@H]3CCC4=C/C(=N\OCC(=O)N[C@@H](C(=O)N[C@H](CC(=O)O)C(=O)O)C(C)C)CC[C@]4(C)[C@H]3CC[C@@]21C. The number of allylic oxidation sites excluding steroid dienone is 2. The second-order valence-corrected chi connectivity index (χ2v) is 13.6. The largest absolute Gasteiger partial charge is 0.481 e. The minimum atomic E-state index is -1.62. The van der Waals surface area contributed by atoms with Gasteiger partial charge in [-0.2, -0.15) is 0 Å². The van der Waals surface area contributed by atoms with Crippen LogP contribution in [-0.4, -0.2) is 69.1 Å². The van der Waals surface area contributed by atoms with Crippen molar-refractivity contribution in [2.24, 2.45) is 39.7 Å². The fraction of sp³-hybridized carbons (Fsp3) is 0.719. The Morgan fingerprint density at radius 2 is 1.77 bits per heavy atom. The van der Waals surface area contributed by atoms with Gasteiger partial charge in [-0.1, -0.05) is 44.3 Å². The summed E-state index contributed by atoms with van der Waals surface area (Å²) < 4.78 is 0. The van der Waals surface area contributed by atoms with Gasteiger partial charge in [0.15, 0.2) is 6.61 Å². The van der Waals surface area contributed by atoms with Gasteiger partial charge in [0.25, 0.3) is 5.91 Å². The van der Waals surface area contributed by atoms with Gasteiger partial charge in [0.05, 0.1) is 12.1 Å². The smallest absolute Gasteiger partial charge is 0.326 e. The fourth-order valence-corrected chi connectivity index (χ4v) is 8.46. The first-order valence-corrected chi connectivity index (χ1v) is 15.3. The maximum Gasteiger partial charge on any atom is 0.326 e. The van der Waals surface area contributed by atoms with Crippen LogP contribution in [-0.2, 0) is 24.0 Å². The van der Waals surface area contributed by atoms with E-state index in [2.05, 4.69) is 41.6 Å². The Morgan fingerprint density at radius 1 is 1.07 bits per heavy atom. The molecule has 4 aliphatic carbocycles. The van der Waals surface area contributed by atoms with Gasteiger partial charge in [0.2, 0.25) is 5.91 Å². The van der Waals surface area contributed by atoms with E-state index in [4.69, 9.17) is 16.4 Å². The van der Waals surface area contributed by atoms with Crippen molar-refractivity contribution in [1.29, 1.82) is 0 Å². The molecule has 0 saturated heterocycles. The number of rotatable bonds is 10. The maximum absolute atomic E-state index is 12.6. The highest BCUT2D eigenvalue weighted by Crippen LogP contribution is 2.67. The van der Waals surface area contributed by atoms with Crippen LogP contribution >= 0.6 is 0 Å². The van der Waals surface area contributed by atoms with E-state index < -0.39 is 60.4 Å². The van der Waals surface area contributed by atoms with Crippen LogP contribution in [0.4, 0.5) is 0 Å². The van der Waals surface area contributed by atoms with Crippen molar-refractivity contribution >= 4 is 29.5 Å². The average molecular weight is 600 g/mol. The summed E-state index contributed by atoms with van der Waals surface area (Å²) in [6.07, 6.45) is 14.4. The Kier molecular flexibility index (Phi) is 9.31. The van der Waals surface area contributed by atoms with Crippen molar-refractivity contribution in [3.8, 4) is 12.3 Å². The molecule has 0 aromatic carbocycles. The minimum absolute atomic E-state index is 0.0454. The van der Waals surface area contributed by atoms with Gasteiger partial charge in [0, 0.05) is 5.41 Å². The number of carbonyl (C=O) groups is 4. The van der Waals surface area contributed by atoms with Crippen molar-refractivity contribution in [3.05, 3.63) is 11.6 Å². The van der Waals surface area contributed by atoms with Crippen LogP contribution in [0, 0.1) is 46.8 Å². The number of hydrogen-bond donors (Lipinski definition) is 5. The molecule has 11 nitrogen and oxygen atoms in total. The molecule has 0 spiro atoms. The van der Waals surface area contributed by atoms with E-state index in [1.54, 1.807) is 13.8 Å². The van der Waals surface area contributed by atoms with Gasteiger partial charge in [-0.05, 0) is 86.5 Å². The third kappa shape index (κ3) is 6.17. The standard InChI is InChI=1S/C32H45N3O8/c1-6-32(42)14-11-23-21-8-7-19-15-20(9-12-30(19,4)22(21)10-13-31(23,32)5)35-43-17-25(36)34-27(18(2)3)28(39)33-24(29(40)41)16-26(37)38/h1,15,18,21-24,27,42H,7-14,16-17H2,2-5H3,(H,33,39)(H,34,36)(H,37,38)(H,40,41)/b35-20-/t21-,22+,23+,24-,27-,30+,31+,32-/m1/s1.